The third-order valence-corrected chi connectivity index (χ3v) is 4.23. The molecule has 3 rings (SSSR count). The number of Topliss-reactive ketones (excluding diaryl/α,β-unsaturated/α-hetero) is 1. The van der Waals surface area contributed by atoms with Gasteiger partial charge >= 0.3 is 0 Å². The molecule has 1 heterocycles. The molecule has 0 bridgehead atoms. The van der Waals surface area contributed by atoms with Crippen molar-refractivity contribution in [3.63, 3.8) is 0 Å². The largest absolute Gasteiger partial charge is 0.347 e. The Morgan fingerprint density at radius 1 is 1.32 bits per heavy atom. The van der Waals surface area contributed by atoms with E-state index in [1.54, 1.807) is 0 Å². The van der Waals surface area contributed by atoms with E-state index in [-0.39, 0.29) is 5.92 Å². The number of nitrogens with zero attached hydrogens (tertiary/aromatic N) is 1. The van der Waals surface area contributed by atoms with Gasteiger partial charge in [-0.15, -0.1) is 0 Å². The van der Waals surface area contributed by atoms with E-state index in [0.717, 1.165) is 30.3 Å². The van der Waals surface area contributed by atoms with Crippen LogP contribution in [0.2, 0.25) is 0 Å². The van der Waals surface area contributed by atoms with Crippen molar-refractivity contribution in [1.29, 1.82) is 0 Å². The van der Waals surface area contributed by atoms with Crippen LogP contribution in [0.4, 0.5) is 0 Å². The van der Waals surface area contributed by atoms with E-state index in [0.29, 0.717) is 5.78 Å². The fraction of sp³-hybridized carbons (Fsp3) is 0.438. The smallest absolute Gasteiger partial charge is 0.174 e. The second kappa shape index (κ2) is 4.49. The molecule has 2 aromatic rings. The summed E-state index contributed by atoms with van der Waals surface area (Å²) in [7, 11) is 6.31. The minimum atomic E-state index is 0.184. The second-order valence-corrected chi connectivity index (χ2v) is 5.91. The molecule has 1 unspecified atom stereocenters. The Morgan fingerprint density at radius 3 is 2.79 bits per heavy atom. The first-order valence-electron chi connectivity index (χ1n) is 6.99. The monoisotopic (exact) mass is 257 g/mol. The van der Waals surface area contributed by atoms with Crippen molar-refractivity contribution in [2.45, 2.75) is 12.8 Å². The first-order valence-corrected chi connectivity index (χ1v) is 6.99. The van der Waals surface area contributed by atoms with Gasteiger partial charge in [0, 0.05) is 29.2 Å². The third-order valence-electron chi connectivity index (χ3n) is 4.23. The number of hydrogen-bond acceptors (Lipinski definition) is 1. The number of carbonyl (C=O) groups excluding carboxylic acids is 1. The van der Waals surface area contributed by atoms with E-state index < -0.39 is 0 Å². The number of ketones is 1. The molecule has 19 heavy (non-hydrogen) atoms. The summed E-state index contributed by atoms with van der Waals surface area (Å²) < 4.78 is 2.20. The van der Waals surface area contributed by atoms with Gasteiger partial charge in [0.15, 0.2) is 5.78 Å². The highest BCUT2D eigenvalue weighted by Crippen LogP contribution is 2.33. The predicted octanol–water partition coefficient (Wildman–Crippen LogP) is 1.07. The van der Waals surface area contributed by atoms with E-state index in [4.69, 9.17) is 0 Å². The highest BCUT2D eigenvalue weighted by atomic mass is 16.1. The van der Waals surface area contributed by atoms with Crippen LogP contribution in [-0.4, -0.2) is 31.0 Å². The Morgan fingerprint density at radius 2 is 2.05 bits per heavy atom. The predicted molar refractivity (Wildman–Crippen MR) is 76.7 cm³/mol. The van der Waals surface area contributed by atoms with Crippen LogP contribution in [0.25, 0.3) is 10.9 Å². The molecule has 1 aliphatic rings. The van der Waals surface area contributed by atoms with Crippen LogP contribution < -0.4 is 4.90 Å². The lowest BCUT2D eigenvalue weighted by Gasteiger charge is -2.23. The molecule has 1 N–H and O–H groups in total. The molecule has 0 amide bonds. The number of quaternary nitrogens is 1. The Labute approximate surface area is 113 Å². The van der Waals surface area contributed by atoms with Gasteiger partial charge < -0.3 is 9.47 Å². The number of fused-ring (bicyclic) bond motifs is 3. The lowest BCUT2D eigenvalue weighted by atomic mass is 9.85. The molecule has 0 saturated heterocycles. The second-order valence-electron chi connectivity index (χ2n) is 5.91. The van der Waals surface area contributed by atoms with Crippen LogP contribution in [0, 0.1) is 5.92 Å². The number of carbonyl (C=O) groups is 1. The number of para-hydroxylation sites is 1. The van der Waals surface area contributed by atoms with Crippen molar-refractivity contribution in [3.05, 3.63) is 35.5 Å². The fourth-order valence-corrected chi connectivity index (χ4v) is 3.35. The zero-order valence-electron chi connectivity index (χ0n) is 11.9. The van der Waals surface area contributed by atoms with Gasteiger partial charge in [-0.05, 0) is 18.9 Å². The lowest BCUT2D eigenvalue weighted by molar-refractivity contribution is -0.860. The van der Waals surface area contributed by atoms with Gasteiger partial charge in [-0.2, -0.15) is 0 Å². The van der Waals surface area contributed by atoms with Gasteiger partial charge in [0.05, 0.1) is 26.6 Å². The van der Waals surface area contributed by atoms with E-state index in [2.05, 4.69) is 37.8 Å². The number of hydrogen-bond donors (Lipinski definition) is 1. The summed E-state index contributed by atoms with van der Waals surface area (Å²) in [6.45, 7) is 0.932. The summed E-state index contributed by atoms with van der Waals surface area (Å²) in [5.41, 5.74) is 3.38. The third kappa shape index (κ3) is 1.89. The van der Waals surface area contributed by atoms with Crippen LogP contribution in [0.15, 0.2) is 24.3 Å². The first-order chi connectivity index (χ1) is 9.09. The minimum Gasteiger partial charge on any atom is -0.347 e. The van der Waals surface area contributed by atoms with Crippen LogP contribution in [-0.2, 0) is 13.5 Å². The van der Waals surface area contributed by atoms with Crippen molar-refractivity contribution >= 4 is 16.7 Å². The molecule has 0 aliphatic heterocycles. The topological polar surface area (TPSA) is 26.4 Å². The molecule has 3 heteroatoms. The number of rotatable bonds is 2. The Bertz CT molecular complexity index is 639. The number of nitrogens with one attached hydrogen (secondary N) is 1. The summed E-state index contributed by atoms with van der Waals surface area (Å²) in [6.07, 6.45) is 2.01. The molecule has 0 saturated carbocycles. The van der Waals surface area contributed by atoms with Crippen molar-refractivity contribution in [2.75, 3.05) is 20.6 Å². The first kappa shape index (κ1) is 12.4. The van der Waals surface area contributed by atoms with Crippen molar-refractivity contribution in [3.8, 4) is 0 Å². The molecule has 0 radical (unpaired) electrons. The maximum Gasteiger partial charge on any atom is 0.174 e. The lowest BCUT2D eigenvalue weighted by Crippen LogP contribution is -3.06. The minimum absolute atomic E-state index is 0.184. The SMILES string of the molecule is Cn1c2c(c3ccccc31)C(=O)C(C[NH+](C)C)CC2. The maximum absolute atomic E-state index is 12.8. The average molecular weight is 257 g/mol. The van der Waals surface area contributed by atoms with Gasteiger partial charge in [0.25, 0.3) is 0 Å². The molecule has 0 spiro atoms. The quantitative estimate of drug-likeness (QED) is 0.856. The van der Waals surface area contributed by atoms with E-state index in [1.165, 1.54) is 16.1 Å². The van der Waals surface area contributed by atoms with Gasteiger partial charge in [-0.3, -0.25) is 4.79 Å². The van der Waals surface area contributed by atoms with Crippen molar-refractivity contribution in [1.82, 2.24) is 4.57 Å². The molecular formula is C16H21N2O+. The van der Waals surface area contributed by atoms with Crippen LogP contribution in [0.3, 0.4) is 0 Å². The van der Waals surface area contributed by atoms with Gasteiger partial charge in [0.2, 0.25) is 0 Å². The molecule has 1 aromatic carbocycles. The zero-order chi connectivity index (χ0) is 13.6. The Hall–Kier alpha value is -1.61. The van der Waals surface area contributed by atoms with Gasteiger partial charge in [0.1, 0.15) is 0 Å². The highest BCUT2D eigenvalue weighted by Gasteiger charge is 2.33. The van der Waals surface area contributed by atoms with Gasteiger partial charge in [-0.1, -0.05) is 18.2 Å². The number of aryl methyl sites for hydroxylation is 1. The number of aromatic nitrogens is 1. The van der Waals surface area contributed by atoms with Crippen molar-refractivity contribution in [2.24, 2.45) is 13.0 Å². The van der Waals surface area contributed by atoms with Crippen LogP contribution in [0.5, 0.6) is 0 Å². The molecule has 0 fully saturated rings. The molecule has 100 valence electrons. The molecular weight excluding hydrogens is 236 g/mol. The fourth-order valence-electron chi connectivity index (χ4n) is 3.35. The van der Waals surface area contributed by atoms with Crippen LogP contribution >= 0.6 is 0 Å². The summed E-state index contributed by atoms with van der Waals surface area (Å²) >= 11 is 0. The summed E-state index contributed by atoms with van der Waals surface area (Å²) in [4.78, 5) is 14.1. The van der Waals surface area contributed by atoms with Crippen LogP contribution in [0.1, 0.15) is 22.5 Å². The average Bonchev–Trinajstić information content (AvgIpc) is 2.67. The molecule has 3 nitrogen and oxygen atoms in total. The summed E-state index contributed by atoms with van der Waals surface area (Å²) in [5, 5.41) is 1.13. The van der Waals surface area contributed by atoms with E-state index in [1.807, 2.05) is 12.1 Å². The summed E-state index contributed by atoms with van der Waals surface area (Å²) in [5.74, 6) is 0.530. The van der Waals surface area contributed by atoms with Gasteiger partial charge in [-0.25, -0.2) is 0 Å². The molecule has 1 aliphatic carbocycles. The normalized spacial score (nSPS) is 19.2. The Balaban J connectivity index is 2.13. The number of benzene rings is 1. The highest BCUT2D eigenvalue weighted by molar-refractivity contribution is 6.11. The Kier molecular flexibility index (Phi) is 2.94. The maximum atomic E-state index is 12.8. The summed E-state index contributed by atoms with van der Waals surface area (Å²) in [6, 6.07) is 8.25. The molecule has 1 atom stereocenters. The van der Waals surface area contributed by atoms with E-state index in [9.17, 15) is 4.79 Å². The van der Waals surface area contributed by atoms with Crippen molar-refractivity contribution < 1.29 is 9.69 Å². The molecule has 1 aromatic heterocycles. The standard InChI is InChI=1S/C16H20N2O/c1-17(2)10-11-8-9-14-15(16(11)19)12-6-4-5-7-13(12)18(14)3/h4-7,11H,8-10H2,1-3H3/p+1. The van der Waals surface area contributed by atoms with E-state index >= 15 is 0 Å². The zero-order valence-corrected chi connectivity index (χ0v) is 11.9.